The van der Waals surface area contributed by atoms with Crippen molar-refractivity contribution in [2.24, 2.45) is 0 Å². The van der Waals surface area contributed by atoms with Crippen molar-refractivity contribution in [3.63, 3.8) is 0 Å². The van der Waals surface area contributed by atoms with Crippen LogP contribution in [0.5, 0.6) is 0 Å². The van der Waals surface area contributed by atoms with E-state index >= 15 is 0 Å². The molecule has 0 aromatic carbocycles. The van der Waals surface area contributed by atoms with Crippen molar-refractivity contribution < 1.29 is 14.3 Å². The van der Waals surface area contributed by atoms with Gasteiger partial charge in [-0.1, -0.05) is 0 Å². The maximum atomic E-state index is 10.9. The van der Waals surface area contributed by atoms with Gasteiger partial charge in [-0.2, -0.15) is 0 Å². The Bertz CT molecular complexity index is 117. The molecule has 0 saturated carbocycles. The molecule has 0 aliphatic heterocycles. The van der Waals surface area contributed by atoms with Gasteiger partial charge in [0.15, 0.2) is 0 Å². The highest BCUT2D eigenvalue weighted by Crippen LogP contribution is 1.75. The Morgan fingerprint density at radius 3 is 2.50 bits per heavy atom. The molecule has 72 valence electrons. The molecule has 0 atom stereocenters. The Balaban J connectivity index is 3.08. The topological polar surface area (TPSA) is 47.6 Å². The van der Waals surface area contributed by atoms with Gasteiger partial charge in [0.25, 0.3) is 0 Å². The summed E-state index contributed by atoms with van der Waals surface area (Å²) >= 11 is 0. The summed E-state index contributed by atoms with van der Waals surface area (Å²) in [5, 5.41) is 2.66. The molecule has 0 rings (SSSR count). The number of carbonyl (C=O) groups excluding carboxylic acids is 1. The van der Waals surface area contributed by atoms with Crippen LogP contribution in [0.2, 0.25) is 0 Å². The molecule has 4 nitrogen and oxygen atoms in total. The monoisotopic (exact) mass is 175 g/mol. The molecule has 0 aliphatic carbocycles. The quantitative estimate of drug-likeness (QED) is 0.561. The lowest BCUT2D eigenvalue weighted by Gasteiger charge is -2.04. The van der Waals surface area contributed by atoms with E-state index in [1.807, 2.05) is 13.8 Å². The number of nitrogens with one attached hydrogen (secondary N) is 1. The first kappa shape index (κ1) is 11.4. The highest BCUT2D eigenvalue weighted by atomic mass is 16.5. The summed E-state index contributed by atoms with van der Waals surface area (Å²) in [5.41, 5.74) is 0. The van der Waals surface area contributed by atoms with E-state index in [0.29, 0.717) is 26.4 Å². The van der Waals surface area contributed by atoms with Gasteiger partial charge in [-0.25, -0.2) is 0 Å². The zero-order valence-corrected chi connectivity index (χ0v) is 7.76. The number of ether oxygens (including phenoxy) is 2. The van der Waals surface area contributed by atoms with Crippen LogP contribution in [0.4, 0.5) is 0 Å². The van der Waals surface area contributed by atoms with Crippen LogP contribution >= 0.6 is 0 Å². The van der Waals surface area contributed by atoms with Crippen LogP contribution in [-0.2, 0) is 14.3 Å². The van der Waals surface area contributed by atoms with Gasteiger partial charge in [-0.15, -0.1) is 0 Å². The van der Waals surface area contributed by atoms with E-state index in [9.17, 15) is 4.79 Å². The summed E-state index contributed by atoms with van der Waals surface area (Å²) in [5.74, 6) is -0.0865. The Labute approximate surface area is 73.2 Å². The van der Waals surface area contributed by atoms with Gasteiger partial charge in [0.1, 0.15) is 6.61 Å². The van der Waals surface area contributed by atoms with Crippen LogP contribution in [0.25, 0.3) is 0 Å². The van der Waals surface area contributed by atoms with E-state index in [-0.39, 0.29) is 12.5 Å². The highest BCUT2D eigenvalue weighted by molar-refractivity contribution is 5.77. The summed E-state index contributed by atoms with van der Waals surface area (Å²) in [6.07, 6.45) is 0. The van der Waals surface area contributed by atoms with Crippen LogP contribution in [0, 0.1) is 0 Å². The molecular weight excluding hydrogens is 158 g/mol. The van der Waals surface area contributed by atoms with E-state index in [2.05, 4.69) is 5.32 Å². The number of hydrogen-bond donors (Lipinski definition) is 1. The molecule has 12 heavy (non-hydrogen) atoms. The van der Waals surface area contributed by atoms with Crippen LogP contribution in [0.3, 0.4) is 0 Å². The van der Waals surface area contributed by atoms with Gasteiger partial charge in [-0.3, -0.25) is 4.79 Å². The van der Waals surface area contributed by atoms with Crippen LogP contribution < -0.4 is 5.32 Å². The molecular formula is C8H17NO3. The normalized spacial score (nSPS) is 9.83. The fraction of sp³-hybridized carbons (Fsp3) is 0.875. The van der Waals surface area contributed by atoms with Crippen LogP contribution in [0.1, 0.15) is 13.8 Å². The van der Waals surface area contributed by atoms with Crippen molar-refractivity contribution in [2.75, 3.05) is 33.0 Å². The average Bonchev–Trinajstić information content (AvgIpc) is 2.09. The molecule has 1 amide bonds. The van der Waals surface area contributed by atoms with Crippen molar-refractivity contribution in [2.45, 2.75) is 13.8 Å². The first-order valence-electron chi connectivity index (χ1n) is 4.23. The molecule has 0 radical (unpaired) electrons. The zero-order valence-electron chi connectivity index (χ0n) is 7.76. The van der Waals surface area contributed by atoms with Crippen molar-refractivity contribution in [3.8, 4) is 0 Å². The van der Waals surface area contributed by atoms with Gasteiger partial charge in [0.05, 0.1) is 6.61 Å². The minimum Gasteiger partial charge on any atom is -0.380 e. The number of hydrogen-bond acceptors (Lipinski definition) is 3. The van der Waals surface area contributed by atoms with Gasteiger partial charge < -0.3 is 14.8 Å². The van der Waals surface area contributed by atoms with E-state index in [0.717, 1.165) is 0 Å². The Morgan fingerprint density at radius 2 is 1.92 bits per heavy atom. The third kappa shape index (κ3) is 7.50. The third-order valence-electron chi connectivity index (χ3n) is 1.21. The predicted octanol–water partition coefficient (Wildman–Crippen LogP) is 0.176. The van der Waals surface area contributed by atoms with Crippen molar-refractivity contribution in [3.05, 3.63) is 0 Å². The van der Waals surface area contributed by atoms with Gasteiger partial charge in [-0.05, 0) is 13.8 Å². The van der Waals surface area contributed by atoms with Gasteiger partial charge >= 0.3 is 0 Å². The minimum atomic E-state index is -0.0865. The molecule has 0 saturated heterocycles. The molecule has 0 spiro atoms. The highest BCUT2D eigenvalue weighted by Gasteiger charge is 1.97. The fourth-order valence-electron chi connectivity index (χ4n) is 0.653. The van der Waals surface area contributed by atoms with Crippen molar-refractivity contribution >= 4 is 5.91 Å². The lowest BCUT2D eigenvalue weighted by atomic mass is 10.6. The molecule has 0 fully saturated rings. The third-order valence-corrected chi connectivity index (χ3v) is 1.21. The van der Waals surface area contributed by atoms with Crippen LogP contribution in [0.15, 0.2) is 0 Å². The van der Waals surface area contributed by atoms with E-state index < -0.39 is 0 Å². The summed E-state index contributed by atoms with van der Waals surface area (Å²) in [7, 11) is 0. The first-order valence-corrected chi connectivity index (χ1v) is 4.23. The van der Waals surface area contributed by atoms with E-state index in [1.54, 1.807) is 0 Å². The number of amides is 1. The fourth-order valence-corrected chi connectivity index (χ4v) is 0.653. The molecule has 1 N–H and O–H groups in total. The maximum Gasteiger partial charge on any atom is 0.246 e. The molecule has 0 heterocycles. The Hall–Kier alpha value is -0.610. The molecule has 0 aromatic rings. The van der Waals surface area contributed by atoms with Gasteiger partial charge in [0, 0.05) is 19.8 Å². The SMILES string of the molecule is CCOCCNC(=O)COCC. The molecule has 4 heteroatoms. The standard InChI is InChI=1S/C8H17NO3/c1-3-11-6-5-9-8(10)7-12-4-2/h3-7H2,1-2H3,(H,9,10). The summed E-state index contributed by atoms with van der Waals surface area (Å²) in [4.78, 5) is 10.9. The van der Waals surface area contributed by atoms with Gasteiger partial charge in [0.2, 0.25) is 5.91 Å². The minimum absolute atomic E-state index is 0.0865. The second kappa shape index (κ2) is 8.49. The largest absolute Gasteiger partial charge is 0.380 e. The lowest BCUT2D eigenvalue weighted by molar-refractivity contribution is -0.125. The van der Waals surface area contributed by atoms with Crippen LogP contribution in [-0.4, -0.2) is 38.9 Å². The second-order valence-corrected chi connectivity index (χ2v) is 2.18. The van der Waals surface area contributed by atoms with Crippen molar-refractivity contribution in [1.29, 1.82) is 0 Å². The first-order chi connectivity index (χ1) is 5.81. The lowest BCUT2D eigenvalue weighted by Crippen LogP contribution is -2.30. The smallest absolute Gasteiger partial charge is 0.246 e. The van der Waals surface area contributed by atoms with E-state index in [4.69, 9.17) is 9.47 Å². The number of carbonyl (C=O) groups is 1. The summed E-state index contributed by atoms with van der Waals surface area (Å²) in [6, 6.07) is 0. The predicted molar refractivity (Wildman–Crippen MR) is 46.0 cm³/mol. The summed E-state index contributed by atoms with van der Waals surface area (Å²) in [6.45, 7) is 6.28. The molecule has 0 unspecified atom stereocenters. The van der Waals surface area contributed by atoms with Crippen molar-refractivity contribution in [1.82, 2.24) is 5.32 Å². The van der Waals surface area contributed by atoms with E-state index in [1.165, 1.54) is 0 Å². The second-order valence-electron chi connectivity index (χ2n) is 2.18. The average molecular weight is 175 g/mol. The Morgan fingerprint density at radius 1 is 1.25 bits per heavy atom. The maximum absolute atomic E-state index is 10.9. The number of rotatable bonds is 7. The molecule has 0 aromatic heterocycles. The summed E-state index contributed by atoms with van der Waals surface area (Å²) < 4.78 is 9.93. The molecule has 0 bridgehead atoms. The Kier molecular flexibility index (Phi) is 8.05. The molecule has 0 aliphatic rings. The zero-order chi connectivity index (χ0) is 9.23.